The molecule has 0 saturated heterocycles. The average molecular weight is 516 g/mol. The highest BCUT2D eigenvalue weighted by atomic mass is 19.1. The first-order valence-corrected chi connectivity index (χ1v) is 12.7. The number of alkyl halides is 1. The van der Waals surface area contributed by atoms with Gasteiger partial charge in [0.1, 0.15) is 23.9 Å². The minimum absolute atomic E-state index is 0.128. The summed E-state index contributed by atoms with van der Waals surface area (Å²) in [6.07, 6.45) is 0.686. The zero-order chi connectivity index (χ0) is 26.6. The number of carbonyl (C=O) groups excluding carboxylic acids is 1. The van der Waals surface area contributed by atoms with Crippen LogP contribution in [-0.4, -0.2) is 57.8 Å². The molecule has 1 atom stereocenters. The first kappa shape index (κ1) is 24.2. The van der Waals surface area contributed by atoms with Crippen molar-refractivity contribution in [2.24, 2.45) is 12.8 Å². The van der Waals surface area contributed by atoms with Gasteiger partial charge in [0.05, 0.1) is 41.9 Å². The molecule has 0 radical (unpaired) electrons. The van der Waals surface area contributed by atoms with Crippen LogP contribution in [0.4, 0.5) is 4.39 Å². The Labute approximate surface area is 219 Å². The number of halogens is 1. The molecule has 6 rings (SSSR count). The maximum atomic E-state index is 13.2. The van der Waals surface area contributed by atoms with E-state index in [0.29, 0.717) is 25.1 Å². The van der Waals surface area contributed by atoms with Gasteiger partial charge in [0.2, 0.25) is 0 Å². The number of nitrogens with two attached hydrogens (primary N) is 1. The highest BCUT2D eigenvalue weighted by molar-refractivity contribution is 6.01. The minimum atomic E-state index is -0.678. The summed E-state index contributed by atoms with van der Waals surface area (Å²) in [6.45, 7) is 2.51. The molecule has 2 aromatic carbocycles. The zero-order valence-electron chi connectivity index (χ0n) is 21.7. The molecule has 1 aliphatic heterocycles. The van der Waals surface area contributed by atoms with E-state index in [-0.39, 0.29) is 12.5 Å². The topological polar surface area (TPSA) is 91.5 Å². The quantitative estimate of drug-likeness (QED) is 0.346. The Bertz CT molecular complexity index is 1680. The van der Waals surface area contributed by atoms with Gasteiger partial charge in [-0.05, 0) is 55.3 Å². The van der Waals surface area contributed by atoms with Crippen LogP contribution in [0.3, 0.4) is 0 Å². The summed E-state index contributed by atoms with van der Waals surface area (Å²) in [6, 6.07) is 15.3. The molecule has 196 valence electrons. The number of amides is 1. The summed E-state index contributed by atoms with van der Waals surface area (Å²) in [5, 5.41) is 1.03. The third-order valence-corrected chi connectivity index (χ3v) is 7.37. The fourth-order valence-corrected chi connectivity index (χ4v) is 5.48. The SMILES string of the molecule is COc1cccc2cc(-c3nc4cc5c(cc4n3C)CCN(C[C@H](N)CF)C5=O)n(Cc3ccc(C)o3)c12. The van der Waals surface area contributed by atoms with Crippen LogP contribution in [0, 0.1) is 6.92 Å². The molecule has 0 bridgehead atoms. The highest BCUT2D eigenvalue weighted by Crippen LogP contribution is 2.36. The maximum absolute atomic E-state index is 13.2. The zero-order valence-corrected chi connectivity index (χ0v) is 21.7. The van der Waals surface area contributed by atoms with Crippen molar-refractivity contribution >= 4 is 27.8 Å². The molecule has 5 aromatic rings. The van der Waals surface area contributed by atoms with Gasteiger partial charge in [-0.15, -0.1) is 0 Å². The standard InChI is InChI=1S/C29H30FN5O3/c1-17-7-8-21(38-17)16-35-25(12-19-5-4-6-26(37-3)27(19)35)28-32-23-13-22-18(11-24(23)33(28)2)9-10-34(29(22)36)15-20(31)14-30/h4-8,11-13,20H,9-10,14-16,31H2,1-3H3/t20-/m1/s1. The van der Waals surface area contributed by atoms with Crippen molar-refractivity contribution in [2.75, 3.05) is 26.9 Å². The second-order valence-corrected chi connectivity index (χ2v) is 9.93. The minimum Gasteiger partial charge on any atom is -0.495 e. The molecule has 38 heavy (non-hydrogen) atoms. The Balaban J connectivity index is 1.49. The third kappa shape index (κ3) is 3.94. The Morgan fingerprint density at radius 3 is 2.79 bits per heavy atom. The maximum Gasteiger partial charge on any atom is 0.254 e. The molecule has 4 heterocycles. The number of methoxy groups -OCH3 is 1. The Morgan fingerprint density at radius 2 is 2.05 bits per heavy atom. The van der Waals surface area contributed by atoms with Crippen molar-refractivity contribution in [3.63, 3.8) is 0 Å². The summed E-state index contributed by atoms with van der Waals surface area (Å²) in [5.74, 6) is 3.09. The number of rotatable bonds is 7. The van der Waals surface area contributed by atoms with Gasteiger partial charge in [0, 0.05) is 31.1 Å². The van der Waals surface area contributed by atoms with Crippen molar-refractivity contribution in [1.29, 1.82) is 0 Å². The molecule has 3 aromatic heterocycles. The van der Waals surface area contributed by atoms with E-state index < -0.39 is 12.7 Å². The van der Waals surface area contributed by atoms with Crippen LogP contribution >= 0.6 is 0 Å². The van der Waals surface area contributed by atoms with Crippen LogP contribution in [0.1, 0.15) is 27.4 Å². The highest BCUT2D eigenvalue weighted by Gasteiger charge is 2.28. The van der Waals surface area contributed by atoms with E-state index in [4.69, 9.17) is 19.9 Å². The fourth-order valence-electron chi connectivity index (χ4n) is 5.48. The molecule has 0 unspecified atom stereocenters. The smallest absolute Gasteiger partial charge is 0.254 e. The van der Waals surface area contributed by atoms with Gasteiger partial charge in [-0.3, -0.25) is 4.79 Å². The Hall–Kier alpha value is -4.11. The number of aryl methyl sites for hydroxylation is 2. The van der Waals surface area contributed by atoms with Crippen LogP contribution in [0.25, 0.3) is 33.5 Å². The lowest BCUT2D eigenvalue weighted by Gasteiger charge is -2.30. The average Bonchev–Trinajstić information content (AvgIpc) is 3.60. The number of furan rings is 1. The summed E-state index contributed by atoms with van der Waals surface area (Å²) in [4.78, 5) is 19.8. The Kier molecular flexibility index (Phi) is 5.95. The van der Waals surface area contributed by atoms with Crippen LogP contribution in [0.15, 0.2) is 52.9 Å². The number of carbonyl (C=O) groups is 1. The van der Waals surface area contributed by atoms with Gasteiger partial charge in [-0.2, -0.15) is 0 Å². The first-order valence-electron chi connectivity index (χ1n) is 12.7. The van der Waals surface area contributed by atoms with Crippen molar-refractivity contribution in [3.05, 3.63) is 71.2 Å². The van der Waals surface area contributed by atoms with E-state index >= 15 is 0 Å². The van der Waals surface area contributed by atoms with E-state index in [1.165, 1.54) is 0 Å². The second kappa shape index (κ2) is 9.33. The van der Waals surface area contributed by atoms with Gasteiger partial charge in [-0.25, -0.2) is 9.37 Å². The molecule has 2 N–H and O–H groups in total. The number of benzene rings is 2. The lowest BCUT2D eigenvalue weighted by atomic mass is 9.97. The molecule has 1 amide bonds. The molecule has 0 saturated carbocycles. The first-order chi connectivity index (χ1) is 18.4. The van der Waals surface area contributed by atoms with E-state index in [2.05, 4.69) is 27.3 Å². The molecule has 0 spiro atoms. The number of para-hydroxylation sites is 1. The van der Waals surface area contributed by atoms with Crippen LogP contribution in [0.2, 0.25) is 0 Å². The number of ether oxygens (including phenoxy) is 1. The third-order valence-electron chi connectivity index (χ3n) is 7.37. The summed E-state index contributed by atoms with van der Waals surface area (Å²) >= 11 is 0. The number of hydrogen-bond acceptors (Lipinski definition) is 5. The molecule has 1 aliphatic rings. The van der Waals surface area contributed by atoms with Crippen LogP contribution < -0.4 is 10.5 Å². The monoisotopic (exact) mass is 515 g/mol. The largest absolute Gasteiger partial charge is 0.495 e. The lowest BCUT2D eigenvalue weighted by molar-refractivity contribution is 0.0725. The number of nitrogens with zero attached hydrogens (tertiary/aromatic N) is 4. The second-order valence-electron chi connectivity index (χ2n) is 9.93. The van der Waals surface area contributed by atoms with Gasteiger partial charge < -0.3 is 28.9 Å². The van der Waals surface area contributed by atoms with Gasteiger partial charge in [-0.1, -0.05) is 12.1 Å². The van der Waals surface area contributed by atoms with Crippen molar-refractivity contribution < 1.29 is 18.3 Å². The van der Waals surface area contributed by atoms with Crippen molar-refractivity contribution in [2.45, 2.75) is 25.9 Å². The number of fused-ring (bicyclic) bond motifs is 3. The van der Waals surface area contributed by atoms with Gasteiger partial charge in [0.15, 0.2) is 5.82 Å². The normalized spacial score (nSPS) is 14.4. The van der Waals surface area contributed by atoms with Crippen LogP contribution in [0.5, 0.6) is 5.75 Å². The lowest BCUT2D eigenvalue weighted by Crippen LogP contribution is -2.45. The number of imidazole rings is 1. The predicted molar refractivity (Wildman–Crippen MR) is 144 cm³/mol. The van der Waals surface area contributed by atoms with E-state index in [9.17, 15) is 9.18 Å². The summed E-state index contributed by atoms with van der Waals surface area (Å²) < 4.78 is 28.9. The molecule has 0 aliphatic carbocycles. The van der Waals surface area contributed by atoms with Crippen LogP contribution in [-0.2, 0) is 20.0 Å². The van der Waals surface area contributed by atoms with Gasteiger partial charge >= 0.3 is 0 Å². The molecule has 0 fully saturated rings. The van der Waals surface area contributed by atoms with Gasteiger partial charge in [0.25, 0.3) is 5.91 Å². The van der Waals surface area contributed by atoms with Crippen molar-refractivity contribution in [3.8, 4) is 17.3 Å². The summed E-state index contributed by atoms with van der Waals surface area (Å²) in [5.41, 5.74) is 10.9. The Morgan fingerprint density at radius 1 is 1.21 bits per heavy atom. The van der Waals surface area contributed by atoms with E-state index in [1.54, 1.807) is 12.0 Å². The molecular formula is C29H30FN5O3. The fraction of sp³-hybridized carbons (Fsp3) is 0.310. The predicted octanol–water partition coefficient (Wildman–Crippen LogP) is 4.45. The molecular weight excluding hydrogens is 485 g/mol. The van der Waals surface area contributed by atoms with E-state index in [1.807, 2.05) is 44.3 Å². The van der Waals surface area contributed by atoms with E-state index in [0.717, 1.165) is 56.3 Å². The molecule has 9 heteroatoms. The molecule has 8 nitrogen and oxygen atoms in total. The van der Waals surface area contributed by atoms with Crippen molar-refractivity contribution in [1.82, 2.24) is 19.0 Å². The summed E-state index contributed by atoms with van der Waals surface area (Å²) in [7, 11) is 3.66. The number of hydrogen-bond donors (Lipinski definition) is 1. The number of aromatic nitrogens is 3.